The summed E-state index contributed by atoms with van der Waals surface area (Å²) in [6.45, 7) is 4.42. The van der Waals surface area contributed by atoms with Crippen LogP contribution in [0.4, 0.5) is 0 Å². The fraction of sp³-hybridized carbons (Fsp3) is 0.938. The van der Waals surface area contributed by atoms with E-state index < -0.39 is 11.0 Å². The SMILES string of the molecule is CC1CCC(O)(C2(C#N)CCCCCC2)C(C)C1. The molecule has 0 aromatic heterocycles. The zero-order valence-electron chi connectivity index (χ0n) is 11.9. The van der Waals surface area contributed by atoms with Crippen LogP contribution in [0.25, 0.3) is 0 Å². The first-order valence-corrected chi connectivity index (χ1v) is 7.68. The van der Waals surface area contributed by atoms with Crippen LogP contribution in [0.2, 0.25) is 0 Å². The van der Waals surface area contributed by atoms with Crippen molar-refractivity contribution in [1.82, 2.24) is 0 Å². The molecule has 18 heavy (non-hydrogen) atoms. The first kappa shape index (κ1) is 13.9. The van der Waals surface area contributed by atoms with Gasteiger partial charge in [-0.05, 0) is 43.9 Å². The molecule has 2 saturated carbocycles. The van der Waals surface area contributed by atoms with Gasteiger partial charge in [0.2, 0.25) is 0 Å². The highest BCUT2D eigenvalue weighted by molar-refractivity contribution is 5.14. The lowest BCUT2D eigenvalue weighted by molar-refractivity contribution is -0.132. The second-order valence-electron chi connectivity index (χ2n) is 6.81. The molecule has 2 fully saturated rings. The maximum atomic E-state index is 11.2. The Balaban J connectivity index is 2.27. The van der Waals surface area contributed by atoms with E-state index in [4.69, 9.17) is 0 Å². The highest BCUT2D eigenvalue weighted by atomic mass is 16.3. The van der Waals surface area contributed by atoms with Crippen molar-refractivity contribution >= 4 is 0 Å². The Morgan fingerprint density at radius 3 is 2.17 bits per heavy atom. The minimum Gasteiger partial charge on any atom is -0.388 e. The first-order chi connectivity index (χ1) is 8.54. The van der Waals surface area contributed by atoms with Gasteiger partial charge in [0, 0.05) is 0 Å². The van der Waals surface area contributed by atoms with Gasteiger partial charge in [0.15, 0.2) is 0 Å². The van der Waals surface area contributed by atoms with Crippen molar-refractivity contribution in [2.45, 2.75) is 77.2 Å². The van der Waals surface area contributed by atoms with Crippen LogP contribution < -0.4 is 0 Å². The van der Waals surface area contributed by atoms with Gasteiger partial charge in [-0.3, -0.25) is 0 Å². The van der Waals surface area contributed by atoms with E-state index in [9.17, 15) is 10.4 Å². The topological polar surface area (TPSA) is 44.0 Å². The van der Waals surface area contributed by atoms with Crippen molar-refractivity contribution in [3.05, 3.63) is 0 Å². The van der Waals surface area contributed by atoms with Crippen LogP contribution in [0, 0.1) is 28.6 Å². The highest BCUT2D eigenvalue weighted by Gasteiger charge is 2.54. The van der Waals surface area contributed by atoms with Gasteiger partial charge in [-0.2, -0.15) is 5.26 Å². The van der Waals surface area contributed by atoms with Crippen molar-refractivity contribution in [1.29, 1.82) is 5.26 Å². The normalized spacial score (nSPS) is 40.8. The molecule has 0 aromatic carbocycles. The molecule has 2 aliphatic carbocycles. The summed E-state index contributed by atoms with van der Waals surface area (Å²) in [5.74, 6) is 0.959. The molecular weight excluding hydrogens is 222 g/mol. The van der Waals surface area contributed by atoms with Crippen molar-refractivity contribution in [3.8, 4) is 6.07 Å². The molecule has 0 spiro atoms. The van der Waals surface area contributed by atoms with Gasteiger partial charge >= 0.3 is 0 Å². The van der Waals surface area contributed by atoms with E-state index in [1.54, 1.807) is 0 Å². The minimum absolute atomic E-state index is 0.263. The molecule has 0 aromatic rings. The Morgan fingerprint density at radius 2 is 1.67 bits per heavy atom. The molecule has 0 saturated heterocycles. The maximum Gasteiger partial charge on any atom is 0.0862 e. The summed E-state index contributed by atoms with van der Waals surface area (Å²) in [4.78, 5) is 0. The molecule has 0 bridgehead atoms. The average molecular weight is 249 g/mol. The number of hydrogen-bond donors (Lipinski definition) is 1. The number of aliphatic hydroxyl groups is 1. The molecule has 3 atom stereocenters. The van der Waals surface area contributed by atoms with E-state index in [2.05, 4.69) is 19.9 Å². The van der Waals surface area contributed by atoms with Crippen LogP contribution in [0.1, 0.15) is 71.6 Å². The van der Waals surface area contributed by atoms with E-state index >= 15 is 0 Å². The summed E-state index contributed by atoms with van der Waals surface area (Å²) < 4.78 is 0. The van der Waals surface area contributed by atoms with Crippen LogP contribution in [-0.2, 0) is 0 Å². The second kappa shape index (κ2) is 5.21. The largest absolute Gasteiger partial charge is 0.388 e. The minimum atomic E-state index is -0.737. The van der Waals surface area contributed by atoms with Gasteiger partial charge < -0.3 is 5.11 Å². The first-order valence-electron chi connectivity index (χ1n) is 7.68. The van der Waals surface area contributed by atoms with Gasteiger partial charge in [-0.15, -0.1) is 0 Å². The Bertz CT molecular complexity index is 324. The number of nitriles is 1. The molecular formula is C16H27NO. The zero-order chi connectivity index (χ0) is 13.2. The monoisotopic (exact) mass is 249 g/mol. The lowest BCUT2D eigenvalue weighted by Crippen LogP contribution is -2.54. The lowest BCUT2D eigenvalue weighted by Gasteiger charge is -2.50. The third kappa shape index (κ3) is 2.18. The quantitative estimate of drug-likeness (QED) is 0.713. The van der Waals surface area contributed by atoms with Crippen molar-refractivity contribution in [2.24, 2.45) is 17.3 Å². The van der Waals surface area contributed by atoms with Gasteiger partial charge in [0.05, 0.1) is 17.1 Å². The third-order valence-corrected chi connectivity index (χ3v) is 5.59. The molecule has 2 aliphatic rings. The van der Waals surface area contributed by atoms with Gasteiger partial charge in [-0.25, -0.2) is 0 Å². The van der Waals surface area contributed by atoms with E-state index in [-0.39, 0.29) is 5.92 Å². The summed E-state index contributed by atoms with van der Waals surface area (Å²) in [5.41, 5.74) is -1.21. The van der Waals surface area contributed by atoms with Crippen LogP contribution in [0.3, 0.4) is 0 Å². The molecule has 0 amide bonds. The Hall–Kier alpha value is -0.550. The van der Waals surface area contributed by atoms with Crippen LogP contribution in [0.15, 0.2) is 0 Å². The Kier molecular flexibility index (Phi) is 4.02. The predicted octanol–water partition coefficient (Wildman–Crippen LogP) is 4.04. The number of rotatable bonds is 1. The van der Waals surface area contributed by atoms with Gasteiger partial charge in [0.1, 0.15) is 0 Å². The lowest BCUT2D eigenvalue weighted by atomic mass is 9.57. The highest BCUT2D eigenvalue weighted by Crippen LogP contribution is 2.53. The van der Waals surface area contributed by atoms with Crippen molar-refractivity contribution < 1.29 is 5.11 Å². The maximum absolute atomic E-state index is 11.2. The van der Waals surface area contributed by atoms with Crippen LogP contribution in [0.5, 0.6) is 0 Å². The molecule has 1 N–H and O–H groups in total. The molecule has 0 heterocycles. The zero-order valence-corrected chi connectivity index (χ0v) is 11.9. The van der Waals surface area contributed by atoms with E-state index in [1.165, 1.54) is 12.8 Å². The van der Waals surface area contributed by atoms with E-state index in [0.717, 1.165) is 44.9 Å². The molecule has 0 aliphatic heterocycles. The molecule has 0 radical (unpaired) electrons. The molecule has 102 valence electrons. The van der Waals surface area contributed by atoms with Crippen molar-refractivity contribution in [3.63, 3.8) is 0 Å². The van der Waals surface area contributed by atoms with E-state index in [1.807, 2.05) is 0 Å². The average Bonchev–Trinajstić information content (AvgIpc) is 2.61. The Labute approximate surface area is 111 Å². The van der Waals surface area contributed by atoms with Gasteiger partial charge in [-0.1, -0.05) is 39.5 Å². The summed E-state index contributed by atoms with van der Waals surface area (Å²) in [6, 6.07) is 2.56. The fourth-order valence-corrected chi connectivity index (χ4v) is 4.31. The Morgan fingerprint density at radius 1 is 1.06 bits per heavy atom. The molecule has 2 nitrogen and oxygen atoms in total. The number of nitrogens with zero attached hydrogens (tertiary/aromatic N) is 1. The molecule has 2 heteroatoms. The summed E-state index contributed by atoms with van der Waals surface area (Å²) >= 11 is 0. The fourth-order valence-electron chi connectivity index (χ4n) is 4.31. The smallest absolute Gasteiger partial charge is 0.0862 e. The van der Waals surface area contributed by atoms with Crippen molar-refractivity contribution in [2.75, 3.05) is 0 Å². The molecule has 2 rings (SSSR count). The van der Waals surface area contributed by atoms with Crippen LogP contribution >= 0.6 is 0 Å². The summed E-state index contributed by atoms with van der Waals surface area (Å²) in [5, 5.41) is 21.0. The van der Waals surface area contributed by atoms with E-state index in [0.29, 0.717) is 5.92 Å². The number of hydrogen-bond acceptors (Lipinski definition) is 2. The second-order valence-corrected chi connectivity index (χ2v) is 6.81. The standard InChI is InChI=1S/C16H27NO/c1-13-7-10-16(18,14(2)11-13)15(12-17)8-5-3-4-6-9-15/h13-14,18H,3-11H2,1-2H3. The summed E-state index contributed by atoms with van der Waals surface area (Å²) in [7, 11) is 0. The summed E-state index contributed by atoms with van der Waals surface area (Å²) in [6.07, 6.45) is 9.44. The van der Waals surface area contributed by atoms with Crippen LogP contribution in [-0.4, -0.2) is 10.7 Å². The van der Waals surface area contributed by atoms with Gasteiger partial charge in [0.25, 0.3) is 0 Å². The predicted molar refractivity (Wildman–Crippen MR) is 72.9 cm³/mol. The molecule has 3 unspecified atom stereocenters. The third-order valence-electron chi connectivity index (χ3n) is 5.59.